The van der Waals surface area contributed by atoms with Gasteiger partial charge in [-0.3, -0.25) is 0 Å². The van der Waals surface area contributed by atoms with E-state index in [0.29, 0.717) is 0 Å². The van der Waals surface area contributed by atoms with Crippen LogP contribution < -0.4 is 0 Å². The predicted molar refractivity (Wildman–Crippen MR) is 56.2 cm³/mol. The molecule has 0 spiro atoms. The maximum atomic E-state index is 3.79. The molecule has 0 radical (unpaired) electrons. The molecule has 52 valence electrons. The van der Waals surface area contributed by atoms with Crippen molar-refractivity contribution >= 4 is 31.9 Å². The summed E-state index contributed by atoms with van der Waals surface area (Å²) in [4.78, 5) is 2.21. The molecule has 0 nitrogen and oxygen atoms in total. The average molecular weight is 345 g/mol. The van der Waals surface area contributed by atoms with Crippen LogP contribution in [0.4, 0.5) is 0 Å². The van der Waals surface area contributed by atoms with Crippen molar-refractivity contribution in [2.45, 2.75) is 4.87 Å². The molecule has 0 rings (SSSR count). The van der Waals surface area contributed by atoms with Crippen LogP contribution in [0.3, 0.4) is 0 Å². The quantitative estimate of drug-likeness (QED) is 0.545. The summed E-state index contributed by atoms with van der Waals surface area (Å²) in [5.74, 6) is 0. The van der Waals surface area contributed by atoms with Crippen molar-refractivity contribution in [2.75, 3.05) is 0 Å². The standard InChI is InChI=1S/3C2H3.CH3.HI.Sb/c3*1-2;;;/h3*1H,2H2;1H3;1H;/q;;;;;+1/p-1. The van der Waals surface area contributed by atoms with E-state index in [1.165, 1.54) is 0 Å². The van der Waals surface area contributed by atoms with Gasteiger partial charge >= 0.3 is 68.6 Å². The second-order valence-corrected chi connectivity index (χ2v) is 32.7. The Morgan fingerprint density at radius 2 is 1.33 bits per heavy atom. The second-order valence-electron chi connectivity index (χ2n) is 2.23. The first-order valence-corrected chi connectivity index (χ1v) is 17.0. The van der Waals surface area contributed by atoms with Crippen molar-refractivity contribution in [1.82, 2.24) is 0 Å². The molecule has 0 aliphatic carbocycles. The fourth-order valence-electron chi connectivity index (χ4n) is 0.224. The number of halogens is 1. The summed E-state index contributed by atoms with van der Waals surface area (Å²) in [7, 11) is 0. The third kappa shape index (κ3) is 2.46. The molecule has 0 heterocycles. The van der Waals surface area contributed by atoms with E-state index in [1.807, 2.05) is 12.1 Å². The normalized spacial score (nSPS) is 15.1. The zero-order valence-electron chi connectivity index (χ0n) is 5.68. The van der Waals surface area contributed by atoms with E-state index in [4.69, 9.17) is 0 Å². The Morgan fingerprint density at radius 3 is 1.33 bits per heavy atom. The van der Waals surface area contributed by atoms with E-state index in [-0.39, 0.29) is 0 Å². The topological polar surface area (TPSA) is 0 Å². The molecule has 0 amide bonds. The molecule has 0 fully saturated rings. The maximum absolute atomic E-state index is 3.79. The first-order chi connectivity index (χ1) is 3.96. The van der Waals surface area contributed by atoms with Gasteiger partial charge in [0.25, 0.3) is 0 Å². The van der Waals surface area contributed by atoms with Gasteiger partial charge in [0.1, 0.15) is 0 Å². The minimum absolute atomic E-state index is 2.02. The Morgan fingerprint density at radius 1 is 1.11 bits per heavy atom. The van der Waals surface area contributed by atoms with Crippen LogP contribution in [0.25, 0.3) is 0 Å². The van der Waals surface area contributed by atoms with Gasteiger partial charge in [-0.1, -0.05) is 0 Å². The molecule has 0 saturated heterocycles. The van der Waals surface area contributed by atoms with Crippen LogP contribution in [-0.4, -0.2) is 13.4 Å². The molecule has 0 N–H and O–H groups in total. The van der Waals surface area contributed by atoms with E-state index in [1.54, 1.807) is 0 Å². The number of rotatable bonds is 3. The van der Waals surface area contributed by atoms with Crippen LogP contribution in [-0.2, 0) is 0 Å². The van der Waals surface area contributed by atoms with Crippen molar-refractivity contribution in [3.05, 3.63) is 31.8 Å². The Balaban J connectivity index is 4.81. The molecule has 0 aliphatic heterocycles. The van der Waals surface area contributed by atoms with Crippen LogP contribution in [0, 0.1) is 0 Å². The van der Waals surface area contributed by atoms with Gasteiger partial charge in [0.15, 0.2) is 0 Å². The summed E-state index contributed by atoms with van der Waals surface area (Å²) >= 11 is -0.152. The number of hydrogen-bond donors (Lipinski definition) is 0. The van der Waals surface area contributed by atoms with Crippen molar-refractivity contribution in [2.24, 2.45) is 0 Å². The van der Waals surface area contributed by atoms with Crippen molar-refractivity contribution < 1.29 is 0 Å². The van der Waals surface area contributed by atoms with Gasteiger partial charge in [-0.2, -0.15) is 0 Å². The molecule has 0 atom stereocenters. The van der Waals surface area contributed by atoms with Crippen LogP contribution in [0.5, 0.6) is 0 Å². The van der Waals surface area contributed by atoms with Crippen LogP contribution in [0.15, 0.2) is 31.8 Å². The summed E-state index contributed by atoms with van der Waals surface area (Å²) in [5.41, 5.74) is 0. The van der Waals surface area contributed by atoms with Crippen molar-refractivity contribution in [1.29, 1.82) is 0 Å². The molecule has 0 aliphatic rings. The Hall–Kier alpha value is 0.768. The minimum atomic E-state index is -2.60. The molecule has 0 aromatic carbocycles. The molecular weight excluding hydrogens is 333 g/mol. The first-order valence-electron chi connectivity index (χ1n) is 2.62. The molecule has 9 heavy (non-hydrogen) atoms. The Kier molecular flexibility index (Phi) is 3.03. The first kappa shape index (κ1) is 9.77. The van der Waals surface area contributed by atoms with Gasteiger partial charge in [0, 0.05) is 0 Å². The molecule has 0 saturated carbocycles. The monoisotopic (exact) mass is 344 g/mol. The van der Waals surface area contributed by atoms with Crippen LogP contribution in [0.1, 0.15) is 0 Å². The van der Waals surface area contributed by atoms with Crippen LogP contribution >= 0.6 is 18.5 Å². The summed E-state index contributed by atoms with van der Waals surface area (Å²) in [5, 5.41) is 0. The van der Waals surface area contributed by atoms with Gasteiger partial charge in [-0.05, 0) is 0 Å². The Bertz CT molecular complexity index is 130. The molecule has 0 aromatic rings. The summed E-state index contributed by atoms with van der Waals surface area (Å²) in [6.45, 7) is 11.4. The van der Waals surface area contributed by atoms with Crippen LogP contribution in [0.2, 0.25) is 4.87 Å². The summed E-state index contributed by atoms with van der Waals surface area (Å²) < 4.78 is 6.06. The van der Waals surface area contributed by atoms with E-state index < -0.39 is 13.4 Å². The molecule has 2 heteroatoms. The zero-order valence-corrected chi connectivity index (χ0v) is 10.4. The van der Waals surface area contributed by atoms with Gasteiger partial charge < -0.3 is 0 Å². The van der Waals surface area contributed by atoms with E-state index in [2.05, 4.69) is 43.1 Å². The molecule has 0 aromatic heterocycles. The summed E-state index contributed by atoms with van der Waals surface area (Å²) in [6, 6.07) is 0. The molecular formula is C7H12ISb. The summed E-state index contributed by atoms with van der Waals surface area (Å²) in [6.07, 6.45) is 0. The predicted octanol–water partition coefficient (Wildman–Crippen LogP) is 3.13. The van der Waals surface area contributed by atoms with E-state index in [0.717, 1.165) is 0 Å². The van der Waals surface area contributed by atoms with Crippen molar-refractivity contribution in [3.8, 4) is 0 Å². The number of hydrogen-bond acceptors (Lipinski definition) is 0. The van der Waals surface area contributed by atoms with E-state index in [9.17, 15) is 0 Å². The van der Waals surface area contributed by atoms with Gasteiger partial charge in [-0.15, -0.1) is 0 Å². The van der Waals surface area contributed by atoms with E-state index >= 15 is 0 Å². The zero-order chi connectivity index (χ0) is 7.57. The fourth-order valence-corrected chi connectivity index (χ4v) is 1.50. The van der Waals surface area contributed by atoms with Gasteiger partial charge in [0.2, 0.25) is 0 Å². The fraction of sp³-hybridized carbons (Fsp3) is 0.143. The average Bonchev–Trinajstić information content (AvgIpc) is 1.90. The second kappa shape index (κ2) is 2.79. The van der Waals surface area contributed by atoms with Gasteiger partial charge in [-0.25, -0.2) is 0 Å². The third-order valence-corrected chi connectivity index (χ3v) is 17.2. The van der Waals surface area contributed by atoms with Crippen molar-refractivity contribution in [3.63, 3.8) is 0 Å². The molecule has 0 unspecified atom stereocenters. The molecule has 0 bridgehead atoms. The SMILES string of the molecule is C=[CH][Sb]([CH3])([I])([CH]=C)[CH]=C. The third-order valence-electron chi connectivity index (χ3n) is 1.39. The Labute approximate surface area is 67.8 Å². The van der Waals surface area contributed by atoms with Gasteiger partial charge in [0.05, 0.1) is 0 Å².